The number of carbonyl (C=O) groups excluding carboxylic acids is 2. The first kappa shape index (κ1) is 20.8. The van der Waals surface area contributed by atoms with E-state index in [4.69, 9.17) is 14.5 Å². The lowest BCUT2D eigenvalue weighted by Crippen LogP contribution is -2.58. The lowest BCUT2D eigenvalue weighted by Gasteiger charge is -2.43. The van der Waals surface area contributed by atoms with Gasteiger partial charge >= 0.3 is 12.2 Å². The van der Waals surface area contributed by atoms with Gasteiger partial charge in [-0.25, -0.2) is 14.6 Å². The van der Waals surface area contributed by atoms with Crippen LogP contribution in [0.15, 0.2) is 12.1 Å². The summed E-state index contributed by atoms with van der Waals surface area (Å²) in [4.78, 5) is 35.4. The molecule has 0 radical (unpaired) electrons. The fourth-order valence-corrected chi connectivity index (χ4v) is 4.56. The molecule has 0 aliphatic carbocycles. The number of hydrogen-bond donors (Lipinski definition) is 0. The van der Waals surface area contributed by atoms with E-state index in [1.807, 2.05) is 31.7 Å². The van der Waals surface area contributed by atoms with Crippen molar-refractivity contribution in [2.24, 2.45) is 0 Å². The van der Waals surface area contributed by atoms with Crippen molar-refractivity contribution >= 4 is 18.0 Å². The van der Waals surface area contributed by atoms with Crippen LogP contribution in [0.4, 0.5) is 15.4 Å². The van der Waals surface area contributed by atoms with Gasteiger partial charge in [-0.15, -0.1) is 0 Å². The van der Waals surface area contributed by atoms with E-state index in [2.05, 4.69) is 17.9 Å². The van der Waals surface area contributed by atoms with Crippen LogP contribution in [-0.4, -0.2) is 70.8 Å². The van der Waals surface area contributed by atoms with Crippen molar-refractivity contribution in [3.63, 3.8) is 0 Å². The minimum absolute atomic E-state index is 0.132. The van der Waals surface area contributed by atoms with Crippen LogP contribution >= 0.6 is 0 Å². The SMILES string of the molecule is CC1CN(C(=O)OC(C)(C)C)CC2Cc3ccc(COC(=O)N4CCCC4)nc3N12. The molecule has 2 saturated heterocycles. The summed E-state index contributed by atoms with van der Waals surface area (Å²) in [5.74, 6) is 0.950. The van der Waals surface area contributed by atoms with E-state index in [9.17, 15) is 9.59 Å². The van der Waals surface area contributed by atoms with Crippen LogP contribution in [0.2, 0.25) is 0 Å². The second-order valence-corrected chi connectivity index (χ2v) is 9.53. The Morgan fingerprint density at radius 3 is 2.53 bits per heavy atom. The lowest BCUT2D eigenvalue weighted by atomic mass is 10.1. The fraction of sp³-hybridized carbons (Fsp3) is 0.682. The van der Waals surface area contributed by atoms with Crippen molar-refractivity contribution < 1.29 is 19.1 Å². The molecule has 8 heteroatoms. The molecule has 4 heterocycles. The van der Waals surface area contributed by atoms with E-state index >= 15 is 0 Å². The highest BCUT2D eigenvalue weighted by atomic mass is 16.6. The van der Waals surface area contributed by atoms with Crippen molar-refractivity contribution in [1.29, 1.82) is 0 Å². The van der Waals surface area contributed by atoms with E-state index in [1.165, 1.54) is 5.56 Å². The third kappa shape index (κ3) is 4.32. The number of ether oxygens (including phenoxy) is 2. The summed E-state index contributed by atoms with van der Waals surface area (Å²) in [5.41, 5.74) is 1.43. The molecular weight excluding hydrogens is 384 g/mol. The predicted molar refractivity (Wildman–Crippen MR) is 112 cm³/mol. The van der Waals surface area contributed by atoms with Crippen molar-refractivity contribution in [3.8, 4) is 0 Å². The second-order valence-electron chi connectivity index (χ2n) is 9.53. The Hall–Kier alpha value is -2.51. The third-order valence-electron chi connectivity index (χ3n) is 5.86. The molecule has 2 atom stereocenters. The van der Waals surface area contributed by atoms with Crippen LogP contribution in [-0.2, 0) is 22.5 Å². The van der Waals surface area contributed by atoms with Gasteiger partial charge in [0.1, 0.15) is 18.0 Å². The number of piperazine rings is 1. The number of hydrogen-bond acceptors (Lipinski definition) is 6. The minimum Gasteiger partial charge on any atom is -0.444 e. The van der Waals surface area contributed by atoms with E-state index < -0.39 is 5.60 Å². The number of likely N-dealkylation sites (tertiary alicyclic amines) is 1. The van der Waals surface area contributed by atoms with Crippen molar-refractivity contribution in [1.82, 2.24) is 14.8 Å². The number of anilines is 1. The Labute approximate surface area is 178 Å². The molecule has 3 aliphatic heterocycles. The summed E-state index contributed by atoms with van der Waals surface area (Å²) in [6, 6.07) is 4.33. The number of pyridine rings is 1. The maximum atomic E-state index is 12.5. The van der Waals surface area contributed by atoms with Gasteiger partial charge in [0.05, 0.1) is 11.7 Å². The average Bonchev–Trinajstić information content (AvgIpc) is 3.32. The van der Waals surface area contributed by atoms with Gasteiger partial charge in [0.2, 0.25) is 0 Å². The highest BCUT2D eigenvalue weighted by Gasteiger charge is 2.41. The van der Waals surface area contributed by atoms with Crippen LogP contribution in [0.5, 0.6) is 0 Å². The molecular formula is C22H32N4O4. The molecule has 0 aromatic carbocycles. The Balaban J connectivity index is 1.41. The number of carbonyl (C=O) groups is 2. The van der Waals surface area contributed by atoms with Gasteiger partial charge in [-0.2, -0.15) is 0 Å². The fourth-order valence-electron chi connectivity index (χ4n) is 4.56. The first-order valence-electron chi connectivity index (χ1n) is 10.9. The van der Waals surface area contributed by atoms with Crippen LogP contribution in [0.3, 0.4) is 0 Å². The first-order valence-corrected chi connectivity index (χ1v) is 10.9. The molecule has 0 saturated carbocycles. The van der Waals surface area contributed by atoms with Gasteiger partial charge in [0.15, 0.2) is 0 Å². The highest BCUT2D eigenvalue weighted by Crippen LogP contribution is 2.35. The number of nitrogens with zero attached hydrogens (tertiary/aromatic N) is 4. The molecule has 0 N–H and O–H groups in total. The maximum absolute atomic E-state index is 12.5. The summed E-state index contributed by atoms with van der Waals surface area (Å²) in [7, 11) is 0. The molecule has 1 aromatic rings. The Kier molecular flexibility index (Phi) is 5.51. The monoisotopic (exact) mass is 416 g/mol. The number of amides is 2. The van der Waals surface area contributed by atoms with Crippen molar-refractivity contribution in [3.05, 3.63) is 23.4 Å². The Morgan fingerprint density at radius 2 is 1.83 bits per heavy atom. The molecule has 8 nitrogen and oxygen atoms in total. The topological polar surface area (TPSA) is 75.2 Å². The van der Waals surface area contributed by atoms with E-state index in [0.29, 0.717) is 13.1 Å². The van der Waals surface area contributed by atoms with Crippen LogP contribution in [0, 0.1) is 0 Å². The standard InChI is InChI=1S/C22H32N4O4/c1-15-12-25(21(28)30-22(2,3)4)13-18-11-16-7-8-17(23-19(16)26(15)18)14-29-20(27)24-9-5-6-10-24/h7-8,15,18H,5-6,9-14H2,1-4H3. The second kappa shape index (κ2) is 7.96. The van der Waals surface area contributed by atoms with E-state index in [1.54, 1.807) is 4.90 Å². The van der Waals surface area contributed by atoms with Crippen LogP contribution in [0.25, 0.3) is 0 Å². The van der Waals surface area contributed by atoms with Crippen molar-refractivity contribution in [2.45, 2.75) is 71.2 Å². The quantitative estimate of drug-likeness (QED) is 0.737. The van der Waals surface area contributed by atoms with Gasteiger partial charge in [-0.3, -0.25) is 0 Å². The zero-order valence-corrected chi connectivity index (χ0v) is 18.4. The van der Waals surface area contributed by atoms with E-state index in [0.717, 1.165) is 43.9 Å². The van der Waals surface area contributed by atoms with Crippen LogP contribution < -0.4 is 4.90 Å². The van der Waals surface area contributed by atoms with Gasteiger partial charge in [-0.1, -0.05) is 6.07 Å². The Bertz CT molecular complexity index is 816. The summed E-state index contributed by atoms with van der Waals surface area (Å²) in [6.45, 7) is 10.7. The number of aromatic nitrogens is 1. The van der Waals surface area contributed by atoms with Gasteiger partial charge < -0.3 is 24.2 Å². The molecule has 2 fully saturated rings. The number of rotatable bonds is 2. The average molecular weight is 417 g/mol. The largest absolute Gasteiger partial charge is 0.444 e. The Morgan fingerprint density at radius 1 is 1.10 bits per heavy atom. The lowest BCUT2D eigenvalue weighted by molar-refractivity contribution is 0.0191. The molecule has 30 heavy (non-hydrogen) atoms. The predicted octanol–water partition coefficient (Wildman–Crippen LogP) is 3.18. The summed E-state index contributed by atoms with van der Waals surface area (Å²) >= 11 is 0. The zero-order chi connectivity index (χ0) is 21.5. The summed E-state index contributed by atoms with van der Waals surface area (Å²) in [6.07, 6.45) is 2.42. The molecule has 0 bridgehead atoms. The smallest absolute Gasteiger partial charge is 0.410 e. The summed E-state index contributed by atoms with van der Waals surface area (Å²) in [5, 5.41) is 0. The van der Waals surface area contributed by atoms with Gasteiger partial charge in [0, 0.05) is 32.2 Å². The molecule has 3 aliphatic rings. The molecule has 1 aromatic heterocycles. The normalized spacial score (nSPS) is 23.3. The molecule has 0 spiro atoms. The zero-order valence-electron chi connectivity index (χ0n) is 18.4. The van der Waals surface area contributed by atoms with E-state index in [-0.39, 0.29) is 30.9 Å². The molecule has 164 valence electrons. The third-order valence-corrected chi connectivity index (χ3v) is 5.86. The first-order chi connectivity index (χ1) is 14.2. The van der Waals surface area contributed by atoms with Crippen molar-refractivity contribution in [2.75, 3.05) is 31.1 Å². The molecule has 2 unspecified atom stereocenters. The molecule has 4 rings (SSSR count). The summed E-state index contributed by atoms with van der Waals surface area (Å²) < 4.78 is 11.0. The van der Waals surface area contributed by atoms with Gasteiger partial charge in [-0.05, 0) is 58.6 Å². The van der Waals surface area contributed by atoms with Crippen LogP contribution in [0.1, 0.15) is 51.8 Å². The number of fused-ring (bicyclic) bond motifs is 3. The molecule has 2 amide bonds. The maximum Gasteiger partial charge on any atom is 0.410 e. The minimum atomic E-state index is -0.501. The highest BCUT2D eigenvalue weighted by molar-refractivity contribution is 5.70. The van der Waals surface area contributed by atoms with Gasteiger partial charge in [0.25, 0.3) is 0 Å².